The summed E-state index contributed by atoms with van der Waals surface area (Å²) in [6.07, 6.45) is 5.35. The van der Waals surface area contributed by atoms with Crippen molar-refractivity contribution in [3.63, 3.8) is 0 Å². The molecule has 5 rings (SSSR count). The summed E-state index contributed by atoms with van der Waals surface area (Å²) in [6, 6.07) is 16.9. The summed E-state index contributed by atoms with van der Waals surface area (Å²) in [5.41, 5.74) is 2.33. The Kier molecular flexibility index (Phi) is 5.18. The largest absolute Gasteiger partial charge is 0.434 e. The van der Waals surface area contributed by atoms with E-state index in [9.17, 15) is 14.4 Å². The third-order valence-electron chi connectivity index (χ3n) is 6.01. The average molecular weight is 430 g/mol. The van der Waals surface area contributed by atoms with E-state index in [1.807, 2.05) is 18.2 Å². The molecule has 3 heterocycles. The van der Waals surface area contributed by atoms with Crippen molar-refractivity contribution in [2.24, 2.45) is 5.92 Å². The maximum Gasteiger partial charge on any atom is 0.434 e. The second-order valence-electron chi connectivity index (χ2n) is 8.06. The summed E-state index contributed by atoms with van der Waals surface area (Å²) in [7, 11) is 0. The number of likely N-dealkylation sites (tertiary alicyclic amines) is 1. The van der Waals surface area contributed by atoms with E-state index in [4.69, 9.17) is 4.84 Å². The van der Waals surface area contributed by atoms with E-state index in [-0.39, 0.29) is 11.1 Å². The molecule has 2 aliphatic heterocycles. The fraction of sp³-hybridized carbons (Fsp3) is 0.250. The Bertz CT molecular complexity index is 1150. The van der Waals surface area contributed by atoms with Crippen LogP contribution >= 0.6 is 0 Å². The van der Waals surface area contributed by atoms with Gasteiger partial charge in [-0.2, -0.15) is 5.10 Å². The van der Waals surface area contributed by atoms with Gasteiger partial charge in [0.1, 0.15) is 0 Å². The van der Waals surface area contributed by atoms with Crippen LogP contribution in [0.3, 0.4) is 0 Å². The lowest BCUT2D eigenvalue weighted by molar-refractivity contribution is -0.0594. The van der Waals surface area contributed by atoms with Crippen LogP contribution in [0.4, 0.5) is 4.79 Å². The highest BCUT2D eigenvalue weighted by atomic mass is 16.7. The molecule has 0 unspecified atom stereocenters. The van der Waals surface area contributed by atoms with E-state index in [1.165, 1.54) is 5.56 Å². The van der Waals surface area contributed by atoms with Crippen LogP contribution in [0, 0.1) is 5.92 Å². The molecule has 2 aromatic carbocycles. The van der Waals surface area contributed by atoms with Crippen molar-refractivity contribution in [2.45, 2.75) is 19.3 Å². The van der Waals surface area contributed by atoms with Crippen molar-refractivity contribution in [1.82, 2.24) is 19.7 Å². The fourth-order valence-electron chi connectivity index (χ4n) is 4.26. The molecule has 0 radical (unpaired) electrons. The van der Waals surface area contributed by atoms with Crippen molar-refractivity contribution in [2.75, 3.05) is 13.1 Å². The number of nitrogens with zero attached hydrogens (tertiary/aromatic N) is 4. The van der Waals surface area contributed by atoms with Gasteiger partial charge in [-0.15, -0.1) is 0 Å². The molecular weight excluding hydrogens is 408 g/mol. The lowest BCUT2D eigenvalue weighted by Gasteiger charge is -2.31. The molecule has 0 N–H and O–H groups in total. The topological polar surface area (TPSA) is 84.7 Å². The van der Waals surface area contributed by atoms with Gasteiger partial charge in [-0.1, -0.05) is 35.4 Å². The van der Waals surface area contributed by atoms with Gasteiger partial charge in [0.2, 0.25) is 0 Å². The van der Waals surface area contributed by atoms with Gasteiger partial charge in [-0.3, -0.25) is 9.59 Å². The van der Waals surface area contributed by atoms with Gasteiger partial charge in [0, 0.05) is 25.5 Å². The van der Waals surface area contributed by atoms with Crippen LogP contribution in [-0.4, -0.2) is 50.7 Å². The standard InChI is InChI=1S/C24H22N4O4/c29-22-20-8-7-19(27-12-4-11-25-27)16-21(20)23(30)28(22)32-24(31)26-13-9-18(10-14-26)15-17-5-2-1-3-6-17/h1-8,11-12,16,18H,9-10,13-15H2. The maximum absolute atomic E-state index is 12.8. The molecule has 1 saturated heterocycles. The van der Waals surface area contributed by atoms with E-state index in [1.54, 1.807) is 46.2 Å². The monoisotopic (exact) mass is 430 g/mol. The van der Waals surface area contributed by atoms with Crippen molar-refractivity contribution < 1.29 is 19.2 Å². The van der Waals surface area contributed by atoms with Gasteiger partial charge >= 0.3 is 6.09 Å². The summed E-state index contributed by atoms with van der Waals surface area (Å²) in [4.78, 5) is 44.9. The molecule has 3 aromatic rings. The molecule has 8 nitrogen and oxygen atoms in total. The van der Waals surface area contributed by atoms with Gasteiger partial charge in [0.15, 0.2) is 0 Å². The Morgan fingerprint density at radius 3 is 2.44 bits per heavy atom. The summed E-state index contributed by atoms with van der Waals surface area (Å²) in [5.74, 6) is -0.794. The van der Waals surface area contributed by atoms with Gasteiger partial charge < -0.3 is 9.74 Å². The highest BCUT2D eigenvalue weighted by molar-refractivity contribution is 6.21. The van der Waals surface area contributed by atoms with E-state index >= 15 is 0 Å². The number of rotatable bonds is 4. The lowest BCUT2D eigenvalue weighted by Crippen LogP contribution is -2.43. The zero-order chi connectivity index (χ0) is 22.1. The number of benzene rings is 2. The number of fused-ring (bicyclic) bond motifs is 1. The number of piperidine rings is 1. The Morgan fingerprint density at radius 2 is 1.72 bits per heavy atom. The van der Waals surface area contributed by atoms with Crippen molar-refractivity contribution in [1.29, 1.82) is 0 Å². The number of hydrogen-bond acceptors (Lipinski definition) is 5. The van der Waals surface area contributed by atoms with Crippen LogP contribution in [0.1, 0.15) is 39.1 Å². The smallest absolute Gasteiger partial charge is 0.310 e. The summed E-state index contributed by atoms with van der Waals surface area (Å²) >= 11 is 0. The first-order valence-electron chi connectivity index (χ1n) is 10.6. The van der Waals surface area contributed by atoms with Crippen molar-refractivity contribution >= 4 is 17.9 Å². The molecule has 3 amide bonds. The summed E-state index contributed by atoms with van der Waals surface area (Å²) < 4.78 is 1.59. The molecule has 2 aliphatic rings. The fourth-order valence-corrected chi connectivity index (χ4v) is 4.26. The molecule has 32 heavy (non-hydrogen) atoms. The number of carbonyl (C=O) groups excluding carboxylic acids is 3. The van der Waals surface area contributed by atoms with Gasteiger partial charge in [0.25, 0.3) is 11.8 Å². The number of carbonyl (C=O) groups is 3. The zero-order valence-corrected chi connectivity index (χ0v) is 17.4. The molecule has 0 aliphatic carbocycles. The van der Waals surface area contributed by atoms with Gasteiger partial charge in [0.05, 0.1) is 16.8 Å². The minimum absolute atomic E-state index is 0.192. The van der Waals surface area contributed by atoms with Gasteiger partial charge in [-0.25, -0.2) is 9.48 Å². The highest BCUT2D eigenvalue weighted by Crippen LogP contribution is 2.27. The number of amides is 3. The summed E-state index contributed by atoms with van der Waals surface area (Å²) in [5, 5.41) is 4.70. The van der Waals surface area contributed by atoms with Crippen LogP contribution in [0.5, 0.6) is 0 Å². The zero-order valence-electron chi connectivity index (χ0n) is 17.4. The van der Waals surface area contributed by atoms with E-state index in [0.717, 1.165) is 19.3 Å². The van der Waals surface area contributed by atoms with Crippen LogP contribution in [-0.2, 0) is 11.3 Å². The van der Waals surface area contributed by atoms with Crippen LogP contribution in [0.25, 0.3) is 5.69 Å². The second kappa shape index (κ2) is 8.30. The third kappa shape index (κ3) is 3.75. The number of hydrogen-bond donors (Lipinski definition) is 0. The molecular formula is C24H22N4O4. The number of aromatic nitrogens is 2. The van der Waals surface area contributed by atoms with Gasteiger partial charge in [-0.05, 0) is 55.0 Å². The predicted octanol–water partition coefficient (Wildman–Crippen LogP) is 3.47. The van der Waals surface area contributed by atoms with Crippen molar-refractivity contribution in [3.8, 4) is 5.69 Å². The number of imide groups is 1. The Balaban J connectivity index is 1.21. The molecule has 162 valence electrons. The predicted molar refractivity (Wildman–Crippen MR) is 115 cm³/mol. The molecule has 0 saturated carbocycles. The van der Waals surface area contributed by atoms with E-state index in [2.05, 4.69) is 17.2 Å². The minimum Gasteiger partial charge on any atom is -0.310 e. The highest BCUT2D eigenvalue weighted by Gasteiger charge is 2.40. The maximum atomic E-state index is 12.8. The first-order chi connectivity index (χ1) is 15.6. The number of hydroxylamine groups is 2. The second-order valence-corrected chi connectivity index (χ2v) is 8.06. The molecule has 0 bridgehead atoms. The molecule has 0 spiro atoms. The van der Waals surface area contributed by atoms with E-state index < -0.39 is 17.9 Å². The molecule has 1 aromatic heterocycles. The van der Waals surface area contributed by atoms with Crippen LogP contribution in [0.2, 0.25) is 0 Å². The average Bonchev–Trinajstić information content (AvgIpc) is 3.44. The lowest BCUT2D eigenvalue weighted by atomic mass is 9.90. The normalized spacial score (nSPS) is 16.4. The SMILES string of the molecule is O=C(ON1C(=O)c2ccc(-n3cccn3)cc2C1=O)N1CCC(Cc2ccccc2)CC1. The quantitative estimate of drug-likeness (QED) is 0.592. The first kappa shape index (κ1) is 20.0. The Hall–Kier alpha value is -3.94. The Morgan fingerprint density at radius 1 is 0.969 bits per heavy atom. The van der Waals surface area contributed by atoms with Crippen LogP contribution < -0.4 is 0 Å². The van der Waals surface area contributed by atoms with Crippen LogP contribution in [0.15, 0.2) is 67.0 Å². The first-order valence-corrected chi connectivity index (χ1v) is 10.6. The summed E-state index contributed by atoms with van der Waals surface area (Å²) in [6.45, 7) is 1.06. The molecule has 1 fully saturated rings. The minimum atomic E-state index is -0.676. The van der Waals surface area contributed by atoms with Crippen molar-refractivity contribution in [3.05, 3.63) is 83.7 Å². The molecule has 8 heteroatoms. The van der Waals surface area contributed by atoms with E-state index in [0.29, 0.717) is 29.8 Å². The third-order valence-corrected chi connectivity index (χ3v) is 6.01. The molecule has 0 atom stereocenters. The Labute approximate surface area is 184 Å².